The standard InChI is InChI=1S/C21H23ClN4O4S/c1-2-30-21(27)26-16-5-7-17(8-6-16)31(28,29)25-12-3-11-23-19-10-13-24-20-14-15(22)4-9-18(19)20/h4-10,13-14,25H,2-3,11-12H2,1H3,(H,23,24)(H,26,27). The smallest absolute Gasteiger partial charge is 0.411 e. The van der Waals surface area contributed by atoms with Crippen LogP contribution in [0.4, 0.5) is 16.2 Å². The van der Waals surface area contributed by atoms with Crippen molar-refractivity contribution in [2.75, 3.05) is 30.3 Å². The number of hydrogen-bond acceptors (Lipinski definition) is 6. The molecule has 164 valence electrons. The Morgan fingerprint density at radius 1 is 1.10 bits per heavy atom. The molecule has 1 amide bonds. The van der Waals surface area contributed by atoms with Gasteiger partial charge >= 0.3 is 6.09 Å². The van der Waals surface area contributed by atoms with Crippen LogP contribution < -0.4 is 15.4 Å². The molecule has 3 N–H and O–H groups in total. The molecule has 0 spiro atoms. The zero-order valence-electron chi connectivity index (χ0n) is 16.9. The molecule has 3 rings (SSSR count). The van der Waals surface area contributed by atoms with Gasteiger partial charge < -0.3 is 10.1 Å². The van der Waals surface area contributed by atoms with Crippen LogP contribution in [0.1, 0.15) is 13.3 Å². The second-order valence-electron chi connectivity index (χ2n) is 6.57. The van der Waals surface area contributed by atoms with E-state index < -0.39 is 16.1 Å². The Morgan fingerprint density at radius 3 is 2.61 bits per heavy atom. The summed E-state index contributed by atoms with van der Waals surface area (Å²) in [5, 5.41) is 7.39. The number of halogens is 1. The Labute approximate surface area is 186 Å². The van der Waals surface area contributed by atoms with E-state index in [4.69, 9.17) is 16.3 Å². The predicted molar refractivity (Wildman–Crippen MR) is 122 cm³/mol. The Balaban J connectivity index is 1.49. The first-order chi connectivity index (χ1) is 14.9. The number of aromatic nitrogens is 1. The van der Waals surface area contributed by atoms with Gasteiger partial charge in [-0.1, -0.05) is 11.6 Å². The first kappa shape index (κ1) is 22.8. The summed E-state index contributed by atoms with van der Waals surface area (Å²) in [6.45, 7) is 2.80. The zero-order valence-corrected chi connectivity index (χ0v) is 18.5. The fourth-order valence-corrected chi connectivity index (χ4v) is 4.12. The van der Waals surface area contributed by atoms with Crippen molar-refractivity contribution in [2.24, 2.45) is 0 Å². The SMILES string of the molecule is CCOC(=O)Nc1ccc(S(=O)(=O)NCCCNc2ccnc3cc(Cl)ccc23)cc1. The lowest BCUT2D eigenvalue weighted by Gasteiger charge is -2.11. The Morgan fingerprint density at radius 2 is 1.87 bits per heavy atom. The van der Waals surface area contributed by atoms with Gasteiger partial charge in [-0.25, -0.2) is 17.9 Å². The minimum absolute atomic E-state index is 0.117. The predicted octanol–water partition coefficient (Wildman–Crippen LogP) is 4.24. The van der Waals surface area contributed by atoms with Gasteiger partial charge in [-0.15, -0.1) is 0 Å². The summed E-state index contributed by atoms with van der Waals surface area (Å²) in [6, 6.07) is 13.2. The third kappa shape index (κ3) is 6.30. The fourth-order valence-electron chi connectivity index (χ4n) is 2.88. The molecule has 0 aliphatic rings. The van der Waals surface area contributed by atoms with Crippen LogP contribution in [0, 0.1) is 0 Å². The average Bonchev–Trinajstić information content (AvgIpc) is 2.74. The zero-order chi connectivity index (χ0) is 22.3. The topological polar surface area (TPSA) is 109 Å². The van der Waals surface area contributed by atoms with E-state index >= 15 is 0 Å². The second-order valence-corrected chi connectivity index (χ2v) is 8.77. The number of rotatable bonds is 9. The number of anilines is 2. The highest BCUT2D eigenvalue weighted by molar-refractivity contribution is 7.89. The maximum absolute atomic E-state index is 12.4. The fraction of sp³-hybridized carbons (Fsp3) is 0.238. The number of pyridine rings is 1. The van der Waals surface area contributed by atoms with Crippen LogP contribution in [0.3, 0.4) is 0 Å². The minimum atomic E-state index is -3.65. The molecule has 3 aromatic rings. The van der Waals surface area contributed by atoms with Gasteiger partial charge in [-0.3, -0.25) is 10.3 Å². The number of fused-ring (bicyclic) bond motifs is 1. The van der Waals surface area contributed by atoms with E-state index in [2.05, 4.69) is 20.3 Å². The molecular formula is C21H23ClN4O4S. The number of nitrogens with zero attached hydrogens (tertiary/aromatic N) is 1. The summed E-state index contributed by atoms with van der Waals surface area (Å²) in [4.78, 5) is 15.8. The van der Waals surface area contributed by atoms with Crippen molar-refractivity contribution in [3.05, 3.63) is 59.8 Å². The lowest BCUT2D eigenvalue weighted by Crippen LogP contribution is -2.26. The lowest BCUT2D eigenvalue weighted by atomic mass is 10.2. The van der Waals surface area contributed by atoms with Gasteiger partial charge in [0, 0.05) is 41.1 Å². The number of hydrogen-bond donors (Lipinski definition) is 3. The van der Waals surface area contributed by atoms with Crippen LogP contribution in [0.15, 0.2) is 59.6 Å². The van der Waals surface area contributed by atoms with E-state index in [1.165, 1.54) is 24.3 Å². The largest absolute Gasteiger partial charge is 0.450 e. The van der Waals surface area contributed by atoms with Gasteiger partial charge in [-0.2, -0.15) is 0 Å². The minimum Gasteiger partial charge on any atom is -0.450 e. The lowest BCUT2D eigenvalue weighted by molar-refractivity contribution is 0.168. The first-order valence-corrected chi connectivity index (χ1v) is 11.6. The summed E-state index contributed by atoms with van der Waals surface area (Å²) < 4.78 is 32.2. The number of carbonyl (C=O) groups is 1. The average molecular weight is 463 g/mol. The van der Waals surface area contributed by atoms with Gasteiger partial charge in [0.2, 0.25) is 10.0 Å². The quantitative estimate of drug-likeness (QED) is 0.410. The van der Waals surface area contributed by atoms with Crippen molar-refractivity contribution in [2.45, 2.75) is 18.2 Å². The number of carbonyl (C=O) groups excluding carboxylic acids is 1. The maximum atomic E-state index is 12.4. The van der Waals surface area contributed by atoms with E-state index in [1.54, 1.807) is 25.3 Å². The monoisotopic (exact) mass is 462 g/mol. The van der Waals surface area contributed by atoms with Gasteiger partial charge in [0.25, 0.3) is 0 Å². The van der Waals surface area contributed by atoms with E-state index in [9.17, 15) is 13.2 Å². The summed E-state index contributed by atoms with van der Waals surface area (Å²) >= 11 is 6.00. The van der Waals surface area contributed by atoms with Crippen LogP contribution >= 0.6 is 11.6 Å². The van der Waals surface area contributed by atoms with Crippen LogP contribution in [-0.4, -0.2) is 39.2 Å². The van der Waals surface area contributed by atoms with E-state index in [-0.39, 0.29) is 18.0 Å². The van der Waals surface area contributed by atoms with Gasteiger partial charge in [0.05, 0.1) is 17.0 Å². The maximum Gasteiger partial charge on any atom is 0.411 e. The highest BCUT2D eigenvalue weighted by Gasteiger charge is 2.13. The molecular weight excluding hydrogens is 440 g/mol. The summed E-state index contributed by atoms with van der Waals surface area (Å²) in [7, 11) is -3.65. The van der Waals surface area contributed by atoms with Crippen molar-refractivity contribution in [3.63, 3.8) is 0 Å². The van der Waals surface area contributed by atoms with Crippen LogP contribution in [-0.2, 0) is 14.8 Å². The van der Waals surface area contributed by atoms with E-state index in [0.717, 1.165) is 16.6 Å². The van der Waals surface area contributed by atoms with Crippen molar-refractivity contribution in [3.8, 4) is 0 Å². The van der Waals surface area contributed by atoms with Crippen LogP contribution in [0.25, 0.3) is 10.9 Å². The highest BCUT2D eigenvalue weighted by Crippen LogP contribution is 2.24. The number of benzene rings is 2. The third-order valence-electron chi connectivity index (χ3n) is 4.35. The molecule has 0 saturated heterocycles. The van der Waals surface area contributed by atoms with Crippen molar-refractivity contribution >= 4 is 50.0 Å². The Bertz CT molecular complexity index is 1150. The van der Waals surface area contributed by atoms with Crippen molar-refractivity contribution in [1.82, 2.24) is 9.71 Å². The molecule has 0 atom stereocenters. The number of amides is 1. The molecule has 31 heavy (non-hydrogen) atoms. The van der Waals surface area contributed by atoms with Gasteiger partial charge in [0.15, 0.2) is 0 Å². The summed E-state index contributed by atoms with van der Waals surface area (Å²) in [5.74, 6) is 0. The number of ether oxygens (including phenoxy) is 1. The molecule has 0 bridgehead atoms. The Hall–Kier alpha value is -2.88. The molecule has 1 aromatic heterocycles. The van der Waals surface area contributed by atoms with Crippen LogP contribution in [0.5, 0.6) is 0 Å². The molecule has 0 aliphatic heterocycles. The summed E-state index contributed by atoms with van der Waals surface area (Å²) in [5.41, 5.74) is 2.15. The van der Waals surface area contributed by atoms with E-state index in [1.807, 2.05) is 12.1 Å². The number of nitrogens with one attached hydrogen (secondary N) is 3. The molecule has 0 radical (unpaired) electrons. The van der Waals surface area contributed by atoms with Crippen LogP contribution in [0.2, 0.25) is 5.02 Å². The van der Waals surface area contributed by atoms with Gasteiger partial charge in [-0.05, 0) is 61.9 Å². The first-order valence-electron chi connectivity index (χ1n) is 9.70. The number of sulfonamides is 1. The molecule has 1 heterocycles. The molecule has 10 heteroatoms. The van der Waals surface area contributed by atoms with Crippen molar-refractivity contribution < 1.29 is 17.9 Å². The molecule has 0 fully saturated rings. The molecule has 0 aliphatic carbocycles. The van der Waals surface area contributed by atoms with E-state index in [0.29, 0.717) is 23.7 Å². The molecule has 8 nitrogen and oxygen atoms in total. The van der Waals surface area contributed by atoms with Gasteiger partial charge in [0.1, 0.15) is 0 Å². The highest BCUT2D eigenvalue weighted by atomic mass is 35.5. The molecule has 2 aromatic carbocycles. The summed E-state index contributed by atoms with van der Waals surface area (Å²) in [6.07, 6.45) is 1.69. The Kier molecular flexibility index (Phi) is 7.67. The van der Waals surface area contributed by atoms with Crippen molar-refractivity contribution in [1.29, 1.82) is 0 Å². The second kappa shape index (κ2) is 10.4. The normalized spacial score (nSPS) is 11.3. The third-order valence-corrected chi connectivity index (χ3v) is 6.06. The molecule has 0 saturated carbocycles. The molecule has 0 unspecified atom stereocenters.